The number of aromatic nitrogens is 6. The summed E-state index contributed by atoms with van der Waals surface area (Å²) in [5.41, 5.74) is 14.5. The van der Waals surface area contributed by atoms with Crippen LogP contribution in [0.25, 0.3) is 33.9 Å². The van der Waals surface area contributed by atoms with Crippen LogP contribution in [0.5, 0.6) is 0 Å². The third-order valence-corrected chi connectivity index (χ3v) is 12.2. The molecule has 4 aliphatic rings. The molecule has 2 fully saturated rings. The summed E-state index contributed by atoms with van der Waals surface area (Å²) in [5, 5.41) is 33.7. The van der Waals surface area contributed by atoms with Crippen LogP contribution in [0.15, 0.2) is 73.1 Å². The molecule has 6 N–H and O–H groups in total. The highest BCUT2D eigenvalue weighted by Gasteiger charge is 2.32. The van der Waals surface area contributed by atoms with Gasteiger partial charge in [-0.25, -0.2) is 28.1 Å². The van der Waals surface area contributed by atoms with Crippen molar-refractivity contribution in [3.05, 3.63) is 118 Å². The van der Waals surface area contributed by atoms with Crippen molar-refractivity contribution in [3.63, 3.8) is 0 Å². The van der Waals surface area contributed by atoms with Gasteiger partial charge in [0.25, 0.3) is 11.8 Å². The fourth-order valence-electron chi connectivity index (χ4n) is 8.86. The van der Waals surface area contributed by atoms with E-state index in [4.69, 9.17) is 11.5 Å². The Balaban J connectivity index is 0.000000166. The van der Waals surface area contributed by atoms with Gasteiger partial charge in [0.1, 0.15) is 11.6 Å². The molecule has 0 bridgehead atoms. The van der Waals surface area contributed by atoms with Crippen LogP contribution in [-0.4, -0.2) is 79.3 Å². The number of hydrogen-bond acceptors (Lipinski definition) is 12. The molecule has 0 radical (unpaired) electrons. The molecule has 20 heteroatoms. The molecule has 8 heterocycles. The zero-order chi connectivity index (χ0) is 46.2. The summed E-state index contributed by atoms with van der Waals surface area (Å²) in [7, 11) is 0. The molecule has 2 saturated heterocycles. The quantitative estimate of drug-likeness (QED) is 0.170. The highest BCUT2D eigenvalue weighted by atomic mass is 19.1. The topological polar surface area (TPSA) is 260 Å². The van der Waals surface area contributed by atoms with Gasteiger partial charge in [0.05, 0.1) is 105 Å². The minimum atomic E-state index is -0.573. The number of nitrogens with zero attached hydrogens (tertiary/aromatic N) is 10. The van der Waals surface area contributed by atoms with Crippen molar-refractivity contribution in [2.45, 2.75) is 38.8 Å². The third-order valence-electron chi connectivity index (χ3n) is 12.2. The molecule has 2 aromatic carbocycles. The summed E-state index contributed by atoms with van der Waals surface area (Å²) in [6, 6.07) is 19.3. The number of piperidine rings is 2. The van der Waals surface area contributed by atoms with E-state index >= 15 is 0 Å². The number of pyridine rings is 2. The Morgan fingerprint density at radius 3 is 1.47 bits per heavy atom. The zero-order valence-electron chi connectivity index (χ0n) is 35.2. The van der Waals surface area contributed by atoms with Crippen LogP contribution >= 0.6 is 0 Å². The number of fused-ring (bicyclic) bond motifs is 2. The number of nitrogens with one attached hydrogen (secondary N) is 2. The molecule has 0 aliphatic carbocycles. The van der Waals surface area contributed by atoms with Crippen LogP contribution in [0, 0.1) is 46.1 Å². The zero-order valence-corrected chi connectivity index (χ0v) is 35.2. The Hall–Kier alpha value is -8.52. The van der Waals surface area contributed by atoms with E-state index in [0.29, 0.717) is 58.6 Å². The molecule has 4 amide bonds. The average molecular weight is 891 g/mol. The fraction of sp³-hybridized carbons (Fsp3) is 0.261. The molecule has 4 aromatic heterocycles. The summed E-state index contributed by atoms with van der Waals surface area (Å²) in [4.78, 5) is 61.3. The summed E-state index contributed by atoms with van der Waals surface area (Å²) in [6.45, 7) is 2.84. The molecule has 4 aliphatic heterocycles. The molecule has 2 atom stereocenters. The number of hydrogen-bond donors (Lipinski definition) is 4. The van der Waals surface area contributed by atoms with Gasteiger partial charge in [0, 0.05) is 50.7 Å². The number of rotatable bonds is 8. The number of carbonyl (C=O) groups excluding carboxylic acids is 4. The molecule has 0 spiro atoms. The number of nitriles is 2. The first-order valence-corrected chi connectivity index (χ1v) is 21.1. The Morgan fingerprint density at radius 1 is 0.652 bits per heavy atom. The Labute approximate surface area is 375 Å². The molecule has 18 nitrogen and oxygen atoms in total. The molecule has 6 aromatic rings. The number of carbonyl (C=O) groups is 4. The number of primary amides is 2. The predicted octanol–water partition coefficient (Wildman–Crippen LogP) is 3.78. The van der Waals surface area contributed by atoms with Crippen LogP contribution in [0.4, 0.5) is 20.4 Å². The summed E-state index contributed by atoms with van der Waals surface area (Å²) in [6.07, 6.45) is 6.56. The van der Waals surface area contributed by atoms with Crippen LogP contribution < -0.4 is 31.9 Å². The largest absolute Gasteiger partial charge is 0.369 e. The smallest absolute Gasteiger partial charge is 0.255 e. The second-order valence-electron chi connectivity index (χ2n) is 16.2. The lowest BCUT2D eigenvalue weighted by Gasteiger charge is -2.31. The number of amides is 4. The summed E-state index contributed by atoms with van der Waals surface area (Å²) < 4.78 is 32.5. The van der Waals surface area contributed by atoms with Crippen molar-refractivity contribution >= 4 is 35.3 Å². The average Bonchev–Trinajstić information content (AvgIpc) is 4.17. The van der Waals surface area contributed by atoms with Crippen molar-refractivity contribution < 1.29 is 28.0 Å². The maximum absolute atomic E-state index is 14.7. The highest BCUT2D eigenvalue weighted by molar-refractivity contribution is 6.02. The molecule has 1 unspecified atom stereocenters. The minimum absolute atomic E-state index is 0.0797. The molecule has 0 saturated carbocycles. The predicted molar refractivity (Wildman–Crippen MR) is 234 cm³/mol. The van der Waals surface area contributed by atoms with Crippen LogP contribution in [0.1, 0.15) is 68.9 Å². The van der Waals surface area contributed by atoms with Gasteiger partial charge >= 0.3 is 0 Å². The lowest BCUT2D eigenvalue weighted by Crippen LogP contribution is -2.41. The summed E-state index contributed by atoms with van der Waals surface area (Å²) in [5.74, 6) is -1.57. The molecule has 332 valence electrons. The van der Waals surface area contributed by atoms with E-state index in [1.807, 2.05) is 21.9 Å². The van der Waals surface area contributed by atoms with Crippen LogP contribution in [0.2, 0.25) is 0 Å². The number of nitrogens with two attached hydrogens (primary N) is 2. The Bertz CT molecular complexity index is 2860. The van der Waals surface area contributed by atoms with E-state index in [1.165, 1.54) is 36.4 Å². The van der Waals surface area contributed by atoms with Gasteiger partial charge in [0.2, 0.25) is 11.8 Å². The van der Waals surface area contributed by atoms with Gasteiger partial charge in [-0.15, -0.1) is 0 Å². The van der Waals surface area contributed by atoms with Crippen LogP contribution in [-0.2, 0) is 22.7 Å². The SMILES string of the molecule is N#Cc1cccc(F)c1-c1cc(-n2ccc(N3CCCC(C(N)=O)C3)n2)c2c(n1)CNC2=O.N#Cc1cccc(F)c1-c1cc(-n2ccc(N3CCC[C@H](C(N)=O)C3)n2)c2c(n1)CNC2=O. The van der Waals surface area contributed by atoms with E-state index in [0.717, 1.165) is 38.8 Å². The Kier molecular flexibility index (Phi) is 11.4. The first kappa shape index (κ1) is 42.8. The van der Waals surface area contributed by atoms with Crippen molar-refractivity contribution in [2.24, 2.45) is 23.3 Å². The van der Waals surface area contributed by atoms with E-state index in [9.17, 15) is 38.5 Å². The van der Waals surface area contributed by atoms with Crippen molar-refractivity contribution in [1.82, 2.24) is 40.2 Å². The van der Waals surface area contributed by atoms with Crippen molar-refractivity contribution in [2.75, 3.05) is 36.0 Å². The molecular formula is C46H40F2N14O4. The van der Waals surface area contributed by atoms with E-state index in [1.54, 1.807) is 46.0 Å². The molecule has 10 rings (SSSR count). The van der Waals surface area contributed by atoms with Gasteiger partial charge in [-0.1, -0.05) is 12.1 Å². The van der Waals surface area contributed by atoms with E-state index in [2.05, 4.69) is 30.8 Å². The van der Waals surface area contributed by atoms with Gasteiger partial charge in [-0.05, 0) is 62.1 Å². The first-order valence-electron chi connectivity index (χ1n) is 21.1. The minimum Gasteiger partial charge on any atom is -0.369 e. The first-order chi connectivity index (χ1) is 31.9. The third kappa shape index (κ3) is 8.00. The van der Waals surface area contributed by atoms with E-state index < -0.39 is 11.6 Å². The van der Waals surface area contributed by atoms with Crippen molar-refractivity contribution in [1.29, 1.82) is 10.5 Å². The number of halogens is 2. The van der Waals surface area contributed by atoms with Gasteiger partial charge < -0.3 is 31.9 Å². The maximum atomic E-state index is 14.7. The van der Waals surface area contributed by atoms with Gasteiger partial charge in [-0.3, -0.25) is 19.2 Å². The second kappa shape index (κ2) is 17.6. The normalized spacial score (nSPS) is 17.4. The summed E-state index contributed by atoms with van der Waals surface area (Å²) >= 11 is 0. The number of anilines is 2. The second-order valence-corrected chi connectivity index (χ2v) is 16.2. The van der Waals surface area contributed by atoms with E-state index in [-0.39, 0.29) is 82.2 Å². The highest BCUT2D eigenvalue weighted by Crippen LogP contribution is 2.34. The lowest BCUT2D eigenvalue weighted by atomic mass is 9.98. The lowest BCUT2D eigenvalue weighted by molar-refractivity contribution is -0.122. The monoisotopic (exact) mass is 890 g/mol. The van der Waals surface area contributed by atoms with Gasteiger partial charge in [-0.2, -0.15) is 20.7 Å². The molecular weight excluding hydrogens is 851 g/mol. The molecule has 66 heavy (non-hydrogen) atoms. The maximum Gasteiger partial charge on any atom is 0.255 e. The standard InChI is InChI=1S/2C23H20FN7O2/c2*24-15-5-1-3-13(10-25)20(15)16-9-18(21-17(28-16)11-27-23(21)33)31-8-6-19(29-31)30-7-2-4-14(12-30)22(26)32/h2*1,3,5-6,8-9,14H,2,4,7,11-12H2,(H2,26,32)(H,27,33)/t14-;/m0./s1. The number of benzene rings is 2. The van der Waals surface area contributed by atoms with Gasteiger partial charge in [0.15, 0.2) is 11.6 Å². The van der Waals surface area contributed by atoms with Crippen LogP contribution in [0.3, 0.4) is 0 Å². The fourth-order valence-corrected chi connectivity index (χ4v) is 8.86. The van der Waals surface area contributed by atoms with Crippen molar-refractivity contribution in [3.8, 4) is 46.0 Å². The Morgan fingerprint density at radius 2 is 1.08 bits per heavy atom.